The number of hydrogen-bond donors (Lipinski definition) is 1. The van der Waals surface area contributed by atoms with Gasteiger partial charge in [-0.1, -0.05) is 30.3 Å². The molecule has 0 saturated carbocycles. The van der Waals surface area contributed by atoms with Crippen LogP contribution in [0.5, 0.6) is 0 Å². The van der Waals surface area contributed by atoms with Crippen molar-refractivity contribution in [1.82, 2.24) is 4.90 Å². The number of nitrogens with zero attached hydrogens (tertiary/aromatic N) is 1. The SMILES string of the molecule is C[C@H](c1ccccc1)N1CC[C@@H]([C@H](CCF)C(=O)O)C1=O. The molecule has 3 atom stereocenters. The lowest BCUT2D eigenvalue weighted by Crippen LogP contribution is -2.34. The van der Waals surface area contributed by atoms with Crippen molar-refractivity contribution in [1.29, 1.82) is 0 Å². The lowest BCUT2D eigenvalue weighted by Gasteiger charge is -2.26. The van der Waals surface area contributed by atoms with Gasteiger partial charge in [0.1, 0.15) is 0 Å². The first-order valence-electron chi connectivity index (χ1n) is 7.20. The number of halogens is 1. The number of carbonyl (C=O) groups excluding carboxylic acids is 1. The Kier molecular flexibility index (Phi) is 4.94. The second kappa shape index (κ2) is 6.70. The quantitative estimate of drug-likeness (QED) is 0.877. The molecule has 1 amide bonds. The highest BCUT2D eigenvalue weighted by Gasteiger charge is 2.42. The Morgan fingerprint density at radius 2 is 2.10 bits per heavy atom. The van der Waals surface area contributed by atoms with Crippen molar-refractivity contribution in [2.75, 3.05) is 13.2 Å². The first-order chi connectivity index (χ1) is 10.1. The van der Waals surface area contributed by atoms with Crippen LogP contribution >= 0.6 is 0 Å². The van der Waals surface area contributed by atoms with Gasteiger partial charge < -0.3 is 10.0 Å². The van der Waals surface area contributed by atoms with Crippen molar-refractivity contribution in [3.05, 3.63) is 35.9 Å². The fourth-order valence-electron chi connectivity index (χ4n) is 3.01. The maximum Gasteiger partial charge on any atom is 0.307 e. The van der Waals surface area contributed by atoms with Crippen LogP contribution in [0.2, 0.25) is 0 Å². The average molecular weight is 293 g/mol. The van der Waals surface area contributed by atoms with E-state index in [2.05, 4.69) is 0 Å². The second-order valence-electron chi connectivity index (χ2n) is 5.44. The summed E-state index contributed by atoms with van der Waals surface area (Å²) in [6.45, 7) is 1.74. The minimum absolute atomic E-state index is 0.0940. The minimum atomic E-state index is -1.08. The molecule has 0 bridgehead atoms. The highest BCUT2D eigenvalue weighted by molar-refractivity contribution is 5.86. The summed E-state index contributed by atoms with van der Waals surface area (Å²) in [4.78, 5) is 25.4. The third-order valence-electron chi connectivity index (χ3n) is 4.25. The van der Waals surface area contributed by atoms with Gasteiger partial charge in [-0.2, -0.15) is 0 Å². The maximum absolute atomic E-state index is 12.5. The molecule has 1 aliphatic rings. The molecule has 0 radical (unpaired) electrons. The largest absolute Gasteiger partial charge is 0.481 e. The molecule has 1 heterocycles. The van der Waals surface area contributed by atoms with Crippen LogP contribution in [-0.4, -0.2) is 35.1 Å². The summed E-state index contributed by atoms with van der Waals surface area (Å²) in [7, 11) is 0. The van der Waals surface area contributed by atoms with Gasteiger partial charge in [0.2, 0.25) is 5.91 Å². The van der Waals surface area contributed by atoms with Crippen LogP contribution in [0.15, 0.2) is 30.3 Å². The second-order valence-corrected chi connectivity index (χ2v) is 5.44. The molecular weight excluding hydrogens is 273 g/mol. The van der Waals surface area contributed by atoms with E-state index >= 15 is 0 Å². The molecule has 1 aromatic carbocycles. The van der Waals surface area contributed by atoms with Crippen LogP contribution in [0.4, 0.5) is 4.39 Å². The standard InChI is InChI=1S/C16H20FNO3/c1-11(12-5-3-2-4-6-12)18-10-8-13(15(18)19)14(7-9-17)16(20)21/h2-6,11,13-14H,7-10H2,1H3,(H,20,21)/t11-,13+,14+/m1/s1. The Balaban J connectivity index is 2.12. The van der Waals surface area contributed by atoms with Crippen molar-refractivity contribution >= 4 is 11.9 Å². The molecule has 1 aromatic rings. The van der Waals surface area contributed by atoms with Gasteiger partial charge in [-0.25, -0.2) is 0 Å². The van der Waals surface area contributed by atoms with Crippen molar-refractivity contribution in [3.63, 3.8) is 0 Å². The highest BCUT2D eigenvalue weighted by Crippen LogP contribution is 2.33. The van der Waals surface area contributed by atoms with E-state index in [-0.39, 0.29) is 18.4 Å². The number of likely N-dealkylation sites (tertiary alicyclic amines) is 1. The van der Waals surface area contributed by atoms with Crippen LogP contribution in [0.1, 0.15) is 31.4 Å². The van der Waals surface area contributed by atoms with Crippen LogP contribution < -0.4 is 0 Å². The van der Waals surface area contributed by atoms with Crippen LogP contribution in [-0.2, 0) is 9.59 Å². The predicted molar refractivity (Wildman–Crippen MR) is 76.4 cm³/mol. The summed E-state index contributed by atoms with van der Waals surface area (Å²) < 4.78 is 12.5. The van der Waals surface area contributed by atoms with E-state index < -0.39 is 24.5 Å². The third-order valence-corrected chi connectivity index (χ3v) is 4.25. The third kappa shape index (κ3) is 3.23. The number of rotatable bonds is 6. The molecule has 1 saturated heterocycles. The van der Waals surface area contributed by atoms with E-state index in [9.17, 15) is 19.1 Å². The molecule has 1 N–H and O–H groups in total. The first kappa shape index (κ1) is 15.5. The summed E-state index contributed by atoms with van der Waals surface area (Å²) in [5, 5.41) is 9.19. The fraction of sp³-hybridized carbons (Fsp3) is 0.500. The number of hydrogen-bond acceptors (Lipinski definition) is 2. The average Bonchev–Trinajstić information content (AvgIpc) is 2.86. The highest BCUT2D eigenvalue weighted by atomic mass is 19.1. The lowest BCUT2D eigenvalue weighted by atomic mass is 9.88. The van der Waals surface area contributed by atoms with Gasteiger partial charge in [-0.15, -0.1) is 0 Å². The number of carboxylic acid groups (broad SMARTS) is 1. The smallest absolute Gasteiger partial charge is 0.307 e. The minimum Gasteiger partial charge on any atom is -0.481 e. The molecule has 0 spiro atoms. The van der Waals surface area contributed by atoms with Crippen molar-refractivity contribution in [3.8, 4) is 0 Å². The van der Waals surface area contributed by atoms with Gasteiger partial charge in [0.05, 0.1) is 24.6 Å². The fourth-order valence-corrected chi connectivity index (χ4v) is 3.01. The summed E-state index contributed by atoms with van der Waals surface area (Å²) in [5.74, 6) is -2.78. The zero-order valence-electron chi connectivity index (χ0n) is 12.0. The van der Waals surface area contributed by atoms with E-state index in [0.29, 0.717) is 13.0 Å². The summed E-state index contributed by atoms with van der Waals surface area (Å²) in [6, 6.07) is 9.53. The van der Waals surface area contributed by atoms with E-state index in [1.807, 2.05) is 37.3 Å². The predicted octanol–water partition coefficient (Wildman–Crippen LogP) is 2.66. The summed E-state index contributed by atoms with van der Waals surface area (Å²) >= 11 is 0. The molecule has 0 aromatic heterocycles. The van der Waals surface area contributed by atoms with Gasteiger partial charge in [-0.3, -0.25) is 14.0 Å². The van der Waals surface area contributed by atoms with Crippen LogP contribution in [0, 0.1) is 11.8 Å². The topological polar surface area (TPSA) is 57.6 Å². The van der Waals surface area contributed by atoms with Crippen molar-refractivity contribution in [2.24, 2.45) is 11.8 Å². The lowest BCUT2D eigenvalue weighted by molar-refractivity contribution is -0.148. The molecule has 21 heavy (non-hydrogen) atoms. The van der Waals surface area contributed by atoms with Gasteiger partial charge in [0, 0.05) is 6.54 Å². The normalized spacial score (nSPS) is 21.3. The number of aliphatic carboxylic acids is 1. The summed E-state index contributed by atoms with van der Waals surface area (Å²) in [5.41, 5.74) is 1.02. The molecule has 2 rings (SSSR count). The van der Waals surface area contributed by atoms with E-state index in [1.165, 1.54) is 0 Å². The molecule has 4 nitrogen and oxygen atoms in total. The maximum atomic E-state index is 12.5. The van der Waals surface area contributed by atoms with Crippen LogP contribution in [0.25, 0.3) is 0 Å². The van der Waals surface area contributed by atoms with E-state index in [1.54, 1.807) is 4.90 Å². The Bertz CT molecular complexity index is 506. The zero-order valence-corrected chi connectivity index (χ0v) is 12.0. The molecule has 1 aliphatic heterocycles. The number of alkyl halides is 1. The number of carbonyl (C=O) groups is 2. The molecule has 5 heteroatoms. The first-order valence-corrected chi connectivity index (χ1v) is 7.20. The molecular formula is C16H20FNO3. The Morgan fingerprint density at radius 3 is 2.67 bits per heavy atom. The van der Waals surface area contributed by atoms with Gasteiger partial charge in [0.25, 0.3) is 0 Å². The van der Waals surface area contributed by atoms with Gasteiger partial charge >= 0.3 is 5.97 Å². The van der Waals surface area contributed by atoms with E-state index in [0.717, 1.165) is 5.56 Å². The molecule has 1 fully saturated rings. The summed E-state index contributed by atoms with van der Waals surface area (Å²) in [6.07, 6.45) is 0.381. The molecule has 0 aliphatic carbocycles. The van der Waals surface area contributed by atoms with Crippen LogP contribution in [0.3, 0.4) is 0 Å². The number of benzene rings is 1. The Hall–Kier alpha value is -1.91. The number of amides is 1. The monoisotopic (exact) mass is 293 g/mol. The van der Waals surface area contributed by atoms with Gasteiger partial charge in [-0.05, 0) is 25.3 Å². The zero-order chi connectivity index (χ0) is 15.4. The molecule has 114 valence electrons. The van der Waals surface area contributed by atoms with Crippen molar-refractivity contribution in [2.45, 2.75) is 25.8 Å². The van der Waals surface area contributed by atoms with E-state index in [4.69, 9.17) is 0 Å². The molecule has 0 unspecified atom stereocenters. The van der Waals surface area contributed by atoms with Crippen molar-refractivity contribution < 1.29 is 19.1 Å². The van der Waals surface area contributed by atoms with Gasteiger partial charge in [0.15, 0.2) is 0 Å². The number of carboxylic acids is 1. The Labute approximate surface area is 123 Å². The Morgan fingerprint density at radius 1 is 1.43 bits per heavy atom.